The van der Waals surface area contributed by atoms with Gasteiger partial charge in [-0.1, -0.05) is 124 Å². The second kappa shape index (κ2) is 14.4. The molecule has 0 spiro atoms. The lowest BCUT2D eigenvalue weighted by Gasteiger charge is -2.42. The van der Waals surface area contributed by atoms with E-state index in [1.165, 1.54) is 10.4 Å². The maximum absolute atomic E-state index is 12.7. The minimum Gasteiger partial charge on any atom is -0.444 e. The predicted octanol–water partition coefficient (Wildman–Crippen LogP) is 5.80. The van der Waals surface area contributed by atoms with E-state index < -0.39 is 32.2 Å². The minimum atomic E-state index is -2.74. The Hall–Kier alpha value is -3.52. The maximum Gasteiger partial charge on any atom is 0.408 e. The Labute approximate surface area is 245 Å². The number of carbonyl (C=O) groups excluding carboxylic acids is 2. The first-order valence-electron chi connectivity index (χ1n) is 14.0. The van der Waals surface area contributed by atoms with E-state index in [9.17, 15) is 9.59 Å². The molecule has 41 heavy (non-hydrogen) atoms. The number of benzene rings is 3. The third-order valence-corrected chi connectivity index (χ3v) is 11.6. The summed E-state index contributed by atoms with van der Waals surface area (Å²) in [5.41, 5.74) is 0.237. The zero-order chi connectivity index (χ0) is 29.9. The summed E-state index contributed by atoms with van der Waals surface area (Å²) >= 11 is 0. The molecule has 2 atom stereocenters. The van der Waals surface area contributed by atoms with Crippen LogP contribution in [0.4, 0.5) is 4.79 Å². The molecule has 3 aromatic rings. The molecule has 1 amide bonds. The summed E-state index contributed by atoms with van der Waals surface area (Å²) in [4.78, 5) is 24.8. The van der Waals surface area contributed by atoms with Gasteiger partial charge in [0.15, 0.2) is 6.29 Å². The highest BCUT2D eigenvalue weighted by molar-refractivity contribution is 6.99. The Morgan fingerprint density at radius 3 is 1.80 bits per heavy atom. The average Bonchev–Trinajstić information content (AvgIpc) is 2.93. The van der Waals surface area contributed by atoms with Crippen molar-refractivity contribution in [1.29, 1.82) is 0 Å². The normalized spacial score (nSPS) is 13.9. The molecule has 0 heterocycles. The fourth-order valence-electron chi connectivity index (χ4n) is 4.81. The molecule has 0 aliphatic carbocycles. The van der Waals surface area contributed by atoms with Crippen molar-refractivity contribution in [3.63, 3.8) is 0 Å². The molecule has 3 rings (SSSR count). The fraction of sp³-hybridized carbons (Fsp3) is 0.353. The third kappa shape index (κ3) is 8.98. The molecule has 0 radical (unpaired) electrons. The van der Waals surface area contributed by atoms with Gasteiger partial charge in [0.1, 0.15) is 11.7 Å². The van der Waals surface area contributed by atoms with Crippen LogP contribution in [0.15, 0.2) is 103 Å². The van der Waals surface area contributed by atoms with E-state index in [4.69, 9.17) is 13.9 Å². The van der Waals surface area contributed by atoms with Gasteiger partial charge in [-0.05, 0) is 41.7 Å². The zero-order valence-corrected chi connectivity index (χ0v) is 26.0. The summed E-state index contributed by atoms with van der Waals surface area (Å²) in [6.45, 7) is 12.5. The monoisotopic (exact) mass is 573 g/mol. The summed E-state index contributed by atoms with van der Waals surface area (Å²) < 4.78 is 18.3. The molecule has 0 saturated carbocycles. The lowest BCUT2D eigenvalue weighted by molar-refractivity contribution is -0.119. The molecule has 0 bridgehead atoms. The summed E-state index contributed by atoms with van der Waals surface area (Å²) in [5, 5.41) is 4.97. The van der Waals surface area contributed by atoms with Gasteiger partial charge in [-0.25, -0.2) is 4.79 Å². The largest absolute Gasteiger partial charge is 0.444 e. The van der Waals surface area contributed by atoms with Crippen LogP contribution in [0.5, 0.6) is 0 Å². The van der Waals surface area contributed by atoms with Crippen LogP contribution in [-0.4, -0.2) is 45.1 Å². The fourth-order valence-corrected chi connectivity index (χ4v) is 9.32. The van der Waals surface area contributed by atoms with Crippen LogP contribution in [0, 0.1) is 0 Å². The molecular weight excluding hydrogens is 530 g/mol. The van der Waals surface area contributed by atoms with Crippen molar-refractivity contribution in [2.24, 2.45) is 0 Å². The van der Waals surface area contributed by atoms with Crippen LogP contribution in [0.1, 0.15) is 47.1 Å². The summed E-state index contributed by atoms with van der Waals surface area (Å²) in [6, 6.07) is 29.6. The number of hydrogen-bond donors (Lipinski definition) is 1. The molecular formula is C34H43NO5Si. The highest BCUT2D eigenvalue weighted by Crippen LogP contribution is 2.36. The molecule has 0 aliphatic heterocycles. The lowest BCUT2D eigenvalue weighted by atomic mass is 10.1. The van der Waals surface area contributed by atoms with E-state index >= 15 is 0 Å². The van der Waals surface area contributed by atoms with Gasteiger partial charge in [0.05, 0.1) is 19.3 Å². The lowest BCUT2D eigenvalue weighted by Crippen LogP contribution is -2.66. The standard InChI is InChI=1S/C34H43NO5Si/c1-33(2,3)40-32(37)35-30(31(25-36)38-26-27-17-10-7-11-18-27)23-16-24-39-41(34(4,5)6,28-19-12-8-13-20-28)29-21-14-9-15-22-29/h7-23,25,30-31H,24,26H2,1-6H3,(H,35,37)/b23-16-/t30-,31-/m0/s1. The number of ether oxygens (including phenoxy) is 2. The van der Waals surface area contributed by atoms with E-state index in [1.807, 2.05) is 72.8 Å². The first-order chi connectivity index (χ1) is 19.5. The molecule has 218 valence electrons. The Bertz CT molecular complexity index is 1210. The second-order valence-corrected chi connectivity index (χ2v) is 16.3. The predicted molar refractivity (Wildman–Crippen MR) is 167 cm³/mol. The molecule has 0 saturated heterocycles. The first kappa shape index (κ1) is 32.0. The van der Waals surface area contributed by atoms with Crippen molar-refractivity contribution in [3.8, 4) is 0 Å². The van der Waals surface area contributed by atoms with Gasteiger partial charge in [-0.15, -0.1) is 0 Å². The van der Waals surface area contributed by atoms with E-state index in [2.05, 4.69) is 50.4 Å². The minimum absolute atomic E-state index is 0.179. The van der Waals surface area contributed by atoms with Crippen molar-refractivity contribution in [3.05, 3.63) is 109 Å². The molecule has 0 unspecified atom stereocenters. The summed E-state index contributed by atoms with van der Waals surface area (Å²) in [7, 11) is -2.74. The summed E-state index contributed by atoms with van der Waals surface area (Å²) in [6.07, 6.45) is 2.76. The summed E-state index contributed by atoms with van der Waals surface area (Å²) in [5.74, 6) is 0. The van der Waals surface area contributed by atoms with Crippen molar-refractivity contribution in [2.45, 2.75) is 70.9 Å². The van der Waals surface area contributed by atoms with Gasteiger partial charge in [0, 0.05) is 0 Å². The number of alkyl carbamates (subject to hydrolysis) is 1. The van der Waals surface area contributed by atoms with Gasteiger partial charge in [0.2, 0.25) is 0 Å². The number of hydrogen-bond acceptors (Lipinski definition) is 5. The molecule has 3 aromatic carbocycles. The van der Waals surface area contributed by atoms with Crippen LogP contribution in [0.2, 0.25) is 5.04 Å². The van der Waals surface area contributed by atoms with Crippen LogP contribution < -0.4 is 15.7 Å². The first-order valence-corrected chi connectivity index (χ1v) is 15.9. The van der Waals surface area contributed by atoms with E-state index in [-0.39, 0.29) is 18.3 Å². The van der Waals surface area contributed by atoms with Crippen LogP contribution in [-0.2, 0) is 25.3 Å². The van der Waals surface area contributed by atoms with Crippen molar-refractivity contribution >= 4 is 31.1 Å². The molecule has 6 nitrogen and oxygen atoms in total. The Kier molecular flexibility index (Phi) is 11.2. The Morgan fingerprint density at radius 2 is 1.34 bits per heavy atom. The van der Waals surface area contributed by atoms with Gasteiger partial charge >= 0.3 is 6.09 Å². The van der Waals surface area contributed by atoms with Crippen molar-refractivity contribution in [2.75, 3.05) is 6.61 Å². The van der Waals surface area contributed by atoms with Crippen LogP contribution in [0.25, 0.3) is 0 Å². The van der Waals surface area contributed by atoms with Crippen LogP contribution >= 0.6 is 0 Å². The van der Waals surface area contributed by atoms with Crippen LogP contribution in [0.3, 0.4) is 0 Å². The molecule has 0 aromatic heterocycles. The van der Waals surface area contributed by atoms with Crippen molar-refractivity contribution in [1.82, 2.24) is 5.32 Å². The van der Waals surface area contributed by atoms with E-state index in [0.29, 0.717) is 6.29 Å². The molecule has 1 N–H and O–H groups in total. The average molecular weight is 574 g/mol. The number of aldehydes is 1. The molecule has 0 fully saturated rings. The number of nitrogens with one attached hydrogen (secondary N) is 1. The zero-order valence-electron chi connectivity index (χ0n) is 25.0. The third-order valence-electron chi connectivity index (χ3n) is 6.61. The smallest absolute Gasteiger partial charge is 0.408 e. The number of carbonyl (C=O) groups is 2. The Balaban J connectivity index is 1.88. The Morgan fingerprint density at radius 1 is 0.829 bits per heavy atom. The maximum atomic E-state index is 12.7. The van der Waals surface area contributed by atoms with Gasteiger partial charge in [-0.3, -0.25) is 0 Å². The topological polar surface area (TPSA) is 73.9 Å². The van der Waals surface area contributed by atoms with E-state index in [1.54, 1.807) is 26.8 Å². The number of rotatable bonds is 12. The van der Waals surface area contributed by atoms with Crippen molar-refractivity contribution < 1.29 is 23.5 Å². The SMILES string of the molecule is CC(C)(C)OC(=O)N[C@@H](/C=C\CO[Si](c1ccccc1)(c1ccccc1)C(C)(C)C)[C@H](C=O)OCc1ccccc1. The second-order valence-electron chi connectivity index (χ2n) is 12.0. The van der Waals surface area contributed by atoms with Gasteiger partial charge in [0.25, 0.3) is 8.32 Å². The quantitative estimate of drug-likeness (QED) is 0.169. The van der Waals surface area contributed by atoms with Gasteiger partial charge in [-0.2, -0.15) is 0 Å². The molecule has 0 aliphatic rings. The molecule has 7 heteroatoms. The number of amides is 1. The highest BCUT2D eigenvalue weighted by Gasteiger charge is 2.49. The highest BCUT2D eigenvalue weighted by atomic mass is 28.4. The van der Waals surface area contributed by atoms with E-state index in [0.717, 1.165) is 5.56 Å². The van der Waals surface area contributed by atoms with Gasteiger partial charge < -0.3 is 24.0 Å².